The van der Waals surface area contributed by atoms with E-state index in [0.717, 1.165) is 0 Å². The van der Waals surface area contributed by atoms with E-state index in [2.05, 4.69) is 0 Å². The summed E-state index contributed by atoms with van der Waals surface area (Å²) in [6.45, 7) is -1.45. The Morgan fingerprint density at radius 3 is 2.28 bits per heavy atom. The summed E-state index contributed by atoms with van der Waals surface area (Å²) < 4.78 is 41.2. The summed E-state index contributed by atoms with van der Waals surface area (Å²) in [6.07, 6.45) is -4.60. The zero-order chi connectivity index (χ0) is 13.5. The number of halogens is 3. The minimum atomic E-state index is -4.51. The maximum Gasteiger partial charge on any atom is 0.405 e. The lowest BCUT2D eigenvalue weighted by molar-refractivity contribution is -0.150. The molecule has 5 nitrogen and oxygen atoms in total. The first-order valence-electron chi connectivity index (χ1n) is 5.52. The Kier molecular flexibility index (Phi) is 3.22. The fraction of sp³-hybridized carbons (Fsp3) is 0.800. The number of hydrogen-bond acceptors (Lipinski definition) is 3. The highest BCUT2D eigenvalue weighted by molar-refractivity contribution is 5.86. The summed E-state index contributed by atoms with van der Waals surface area (Å²) in [6, 6.07) is 0. The number of hydrogen-bond donors (Lipinski definition) is 2. The van der Waals surface area contributed by atoms with Gasteiger partial charge in [-0.2, -0.15) is 13.2 Å². The van der Waals surface area contributed by atoms with Crippen LogP contribution in [0, 0.1) is 11.8 Å². The van der Waals surface area contributed by atoms with Crippen molar-refractivity contribution in [3.05, 3.63) is 0 Å². The second-order valence-electron chi connectivity index (χ2n) is 4.51. The number of carbonyl (C=O) groups is 2. The molecule has 0 aromatic rings. The lowest BCUT2D eigenvalue weighted by Crippen LogP contribution is -2.46. The van der Waals surface area contributed by atoms with Crippen LogP contribution >= 0.6 is 0 Å². The van der Waals surface area contributed by atoms with Gasteiger partial charge in [0, 0.05) is 0 Å². The van der Waals surface area contributed by atoms with Gasteiger partial charge in [0.05, 0.1) is 24.0 Å². The van der Waals surface area contributed by atoms with E-state index in [1.807, 2.05) is 0 Å². The topological polar surface area (TPSA) is 75.6 Å². The predicted molar refractivity (Wildman–Crippen MR) is 51.6 cm³/mol. The van der Waals surface area contributed by atoms with Gasteiger partial charge in [0.15, 0.2) is 0 Å². The first-order chi connectivity index (χ1) is 8.29. The molecule has 1 amide bonds. The standard InChI is InChI=1S/C10H12F3NO4/c11-10(12,13)3-14-8(15)6-4-1-2-5(18-4)7(6)9(16)17/h4-7H,1-3H2,(H,14,15)(H,16,17). The largest absolute Gasteiger partial charge is 0.481 e. The molecular formula is C10H12F3NO4. The molecule has 2 heterocycles. The highest BCUT2D eigenvalue weighted by atomic mass is 19.4. The third-order valence-corrected chi connectivity index (χ3v) is 3.32. The molecule has 4 unspecified atom stereocenters. The van der Waals surface area contributed by atoms with Crippen molar-refractivity contribution in [2.45, 2.75) is 31.2 Å². The van der Waals surface area contributed by atoms with Crippen molar-refractivity contribution in [2.75, 3.05) is 6.54 Å². The SMILES string of the molecule is O=C(O)C1C2CCC(O2)C1C(=O)NCC(F)(F)F. The van der Waals surface area contributed by atoms with Crippen LogP contribution < -0.4 is 5.32 Å². The maximum absolute atomic E-state index is 12.0. The van der Waals surface area contributed by atoms with Gasteiger partial charge in [-0.25, -0.2) is 0 Å². The Morgan fingerprint density at radius 1 is 1.22 bits per heavy atom. The highest BCUT2D eigenvalue weighted by Crippen LogP contribution is 2.43. The summed E-state index contributed by atoms with van der Waals surface area (Å²) >= 11 is 0. The van der Waals surface area contributed by atoms with Crippen LogP contribution in [0.5, 0.6) is 0 Å². The Balaban J connectivity index is 2.02. The average Bonchev–Trinajstić information content (AvgIpc) is 2.83. The van der Waals surface area contributed by atoms with Crippen molar-refractivity contribution < 1.29 is 32.6 Å². The zero-order valence-corrected chi connectivity index (χ0v) is 9.24. The summed E-state index contributed by atoms with van der Waals surface area (Å²) in [5, 5.41) is 10.7. The smallest absolute Gasteiger partial charge is 0.405 e. The average molecular weight is 267 g/mol. The molecule has 0 radical (unpaired) electrons. The normalized spacial score (nSPS) is 34.6. The Bertz CT molecular complexity index is 371. The molecule has 2 saturated heterocycles. The zero-order valence-electron chi connectivity index (χ0n) is 9.24. The van der Waals surface area contributed by atoms with Crippen molar-refractivity contribution >= 4 is 11.9 Å². The number of rotatable bonds is 3. The van der Waals surface area contributed by atoms with E-state index < -0.39 is 48.6 Å². The Morgan fingerprint density at radius 2 is 1.78 bits per heavy atom. The lowest BCUT2D eigenvalue weighted by atomic mass is 9.79. The molecule has 102 valence electrons. The molecular weight excluding hydrogens is 255 g/mol. The van der Waals surface area contributed by atoms with Crippen molar-refractivity contribution in [1.29, 1.82) is 0 Å². The van der Waals surface area contributed by atoms with Crippen LogP contribution in [-0.2, 0) is 14.3 Å². The molecule has 2 rings (SSSR count). The van der Waals surface area contributed by atoms with E-state index in [-0.39, 0.29) is 0 Å². The number of carbonyl (C=O) groups excluding carboxylic acids is 1. The van der Waals surface area contributed by atoms with Crippen molar-refractivity contribution in [2.24, 2.45) is 11.8 Å². The van der Waals surface area contributed by atoms with Gasteiger partial charge < -0.3 is 15.2 Å². The molecule has 0 spiro atoms. The molecule has 0 saturated carbocycles. The molecule has 0 aromatic heterocycles. The molecule has 2 fully saturated rings. The summed E-state index contributed by atoms with van der Waals surface area (Å²) in [7, 11) is 0. The quantitative estimate of drug-likeness (QED) is 0.782. The molecule has 18 heavy (non-hydrogen) atoms. The number of amides is 1. The molecule has 2 N–H and O–H groups in total. The minimum Gasteiger partial charge on any atom is -0.481 e. The molecule has 8 heteroatoms. The van der Waals surface area contributed by atoms with Gasteiger partial charge in [-0.1, -0.05) is 0 Å². The van der Waals surface area contributed by atoms with Crippen LogP contribution in [0.4, 0.5) is 13.2 Å². The molecule has 2 aliphatic rings. The minimum absolute atomic E-state index is 0.512. The van der Waals surface area contributed by atoms with E-state index in [4.69, 9.17) is 9.84 Å². The second-order valence-corrected chi connectivity index (χ2v) is 4.51. The third kappa shape index (κ3) is 2.43. The summed E-state index contributed by atoms with van der Waals surface area (Å²) in [5.74, 6) is -4.16. The van der Waals surface area contributed by atoms with E-state index in [1.165, 1.54) is 0 Å². The summed E-state index contributed by atoms with van der Waals surface area (Å²) in [5.41, 5.74) is 0. The van der Waals surface area contributed by atoms with Crippen LogP contribution in [0.1, 0.15) is 12.8 Å². The first kappa shape index (κ1) is 13.1. The number of ether oxygens (including phenoxy) is 1. The van der Waals surface area contributed by atoms with Crippen LogP contribution in [0.2, 0.25) is 0 Å². The van der Waals surface area contributed by atoms with Gasteiger partial charge in [-0.3, -0.25) is 9.59 Å². The Hall–Kier alpha value is -1.31. The third-order valence-electron chi connectivity index (χ3n) is 3.32. The molecule has 0 aliphatic carbocycles. The number of nitrogens with one attached hydrogen (secondary N) is 1. The first-order valence-corrected chi connectivity index (χ1v) is 5.52. The molecule has 2 bridgehead atoms. The van der Waals surface area contributed by atoms with Crippen molar-refractivity contribution in [3.63, 3.8) is 0 Å². The van der Waals surface area contributed by atoms with Crippen molar-refractivity contribution in [3.8, 4) is 0 Å². The summed E-state index contributed by atoms with van der Waals surface area (Å²) in [4.78, 5) is 22.7. The number of carboxylic acids is 1. The van der Waals surface area contributed by atoms with Crippen LogP contribution in [-0.4, -0.2) is 41.9 Å². The molecule has 2 aliphatic heterocycles. The van der Waals surface area contributed by atoms with Gasteiger partial charge >= 0.3 is 12.1 Å². The highest BCUT2D eigenvalue weighted by Gasteiger charge is 2.55. The van der Waals surface area contributed by atoms with Gasteiger partial charge in [0.1, 0.15) is 6.54 Å². The van der Waals surface area contributed by atoms with Gasteiger partial charge in [-0.05, 0) is 12.8 Å². The van der Waals surface area contributed by atoms with E-state index in [0.29, 0.717) is 12.8 Å². The van der Waals surface area contributed by atoms with E-state index in [9.17, 15) is 22.8 Å². The monoisotopic (exact) mass is 267 g/mol. The van der Waals surface area contributed by atoms with Crippen LogP contribution in [0.25, 0.3) is 0 Å². The predicted octanol–water partition coefficient (Wildman–Crippen LogP) is 0.543. The number of alkyl halides is 3. The van der Waals surface area contributed by atoms with E-state index in [1.54, 1.807) is 5.32 Å². The van der Waals surface area contributed by atoms with Crippen LogP contribution in [0.15, 0.2) is 0 Å². The van der Waals surface area contributed by atoms with Crippen LogP contribution in [0.3, 0.4) is 0 Å². The van der Waals surface area contributed by atoms with Gasteiger partial charge in [0.2, 0.25) is 5.91 Å². The maximum atomic E-state index is 12.0. The molecule has 4 atom stereocenters. The fourth-order valence-electron chi connectivity index (χ4n) is 2.63. The van der Waals surface area contributed by atoms with Crippen molar-refractivity contribution in [1.82, 2.24) is 5.32 Å². The van der Waals surface area contributed by atoms with Gasteiger partial charge in [-0.15, -0.1) is 0 Å². The lowest BCUT2D eigenvalue weighted by Gasteiger charge is -2.24. The molecule has 0 aromatic carbocycles. The number of aliphatic carboxylic acids is 1. The van der Waals surface area contributed by atoms with E-state index >= 15 is 0 Å². The number of fused-ring (bicyclic) bond motifs is 2. The fourth-order valence-corrected chi connectivity index (χ4v) is 2.63. The Labute approximate surface area is 100 Å². The van der Waals surface area contributed by atoms with Gasteiger partial charge in [0.25, 0.3) is 0 Å². The number of carboxylic acid groups (broad SMARTS) is 1. The second kappa shape index (κ2) is 4.42.